The summed E-state index contributed by atoms with van der Waals surface area (Å²) in [7, 11) is 0. The number of nitrogens with zero attached hydrogens (tertiary/aromatic N) is 3. The molecule has 18 heavy (non-hydrogen) atoms. The summed E-state index contributed by atoms with van der Waals surface area (Å²) in [5.41, 5.74) is 0.00517. The van der Waals surface area contributed by atoms with Crippen molar-refractivity contribution in [2.45, 2.75) is 6.54 Å². The van der Waals surface area contributed by atoms with Crippen LogP contribution in [0.3, 0.4) is 0 Å². The van der Waals surface area contributed by atoms with E-state index in [1.165, 1.54) is 12.5 Å². The van der Waals surface area contributed by atoms with Crippen LogP contribution in [0.2, 0.25) is 15.1 Å². The Morgan fingerprint density at radius 1 is 1.28 bits per heavy atom. The van der Waals surface area contributed by atoms with Crippen molar-refractivity contribution in [3.63, 3.8) is 0 Å². The Morgan fingerprint density at radius 2 is 2.06 bits per heavy atom. The number of halogens is 3. The molecule has 0 fully saturated rings. The number of carbonyl (C=O) groups is 1. The van der Waals surface area contributed by atoms with Crippen molar-refractivity contribution in [1.29, 1.82) is 0 Å². The average molecular weight is 307 g/mol. The number of hydrogen-bond donors (Lipinski definition) is 2. The summed E-state index contributed by atoms with van der Waals surface area (Å²) in [6.07, 6.45) is 2.60. The van der Waals surface area contributed by atoms with E-state index in [1.54, 1.807) is 0 Å². The van der Waals surface area contributed by atoms with E-state index in [9.17, 15) is 4.79 Å². The van der Waals surface area contributed by atoms with Gasteiger partial charge >= 0.3 is 0 Å². The molecule has 2 heterocycles. The highest BCUT2D eigenvalue weighted by atomic mass is 35.5. The van der Waals surface area contributed by atoms with Crippen LogP contribution in [0, 0.1) is 0 Å². The van der Waals surface area contributed by atoms with Crippen LogP contribution in [0.25, 0.3) is 0 Å². The van der Waals surface area contributed by atoms with Crippen molar-refractivity contribution in [2.24, 2.45) is 0 Å². The first-order valence-corrected chi connectivity index (χ1v) is 5.85. The van der Waals surface area contributed by atoms with Crippen LogP contribution >= 0.6 is 34.8 Å². The monoisotopic (exact) mass is 305 g/mol. The maximum atomic E-state index is 11.8. The summed E-state index contributed by atoms with van der Waals surface area (Å²) in [4.78, 5) is 19.5. The van der Waals surface area contributed by atoms with Gasteiger partial charge in [-0.25, -0.2) is 9.97 Å². The van der Waals surface area contributed by atoms with Crippen LogP contribution in [0.4, 0.5) is 0 Å². The molecule has 0 radical (unpaired) electrons. The summed E-state index contributed by atoms with van der Waals surface area (Å²) in [5, 5.41) is 9.12. The van der Waals surface area contributed by atoms with Gasteiger partial charge in [-0.15, -0.1) is 0 Å². The molecule has 0 bridgehead atoms. The predicted octanol–water partition coefficient (Wildman–Crippen LogP) is 2.09. The maximum Gasteiger partial charge on any atom is 0.271 e. The number of pyridine rings is 1. The Bertz CT molecular complexity index is 572. The molecule has 2 aromatic rings. The highest BCUT2D eigenvalue weighted by Gasteiger charge is 2.16. The summed E-state index contributed by atoms with van der Waals surface area (Å²) in [5.74, 6) is 0.0366. The maximum absolute atomic E-state index is 11.8. The highest BCUT2D eigenvalue weighted by molar-refractivity contribution is 6.48. The van der Waals surface area contributed by atoms with Gasteiger partial charge in [0.2, 0.25) is 0 Å². The van der Waals surface area contributed by atoms with E-state index in [4.69, 9.17) is 34.8 Å². The molecule has 0 aliphatic rings. The van der Waals surface area contributed by atoms with Crippen molar-refractivity contribution >= 4 is 40.7 Å². The van der Waals surface area contributed by atoms with Crippen molar-refractivity contribution in [2.75, 3.05) is 0 Å². The number of carbonyl (C=O) groups excluding carboxylic acids is 1. The van der Waals surface area contributed by atoms with Gasteiger partial charge in [-0.05, 0) is 0 Å². The van der Waals surface area contributed by atoms with Crippen LogP contribution in [-0.2, 0) is 6.54 Å². The molecular formula is C9H6Cl3N5O. The van der Waals surface area contributed by atoms with E-state index in [2.05, 4.69) is 25.5 Å². The lowest BCUT2D eigenvalue weighted by atomic mass is 10.3. The predicted molar refractivity (Wildman–Crippen MR) is 66.8 cm³/mol. The molecule has 0 unspecified atom stereocenters. The Balaban J connectivity index is 2.12. The van der Waals surface area contributed by atoms with Crippen LogP contribution in [0.5, 0.6) is 0 Å². The summed E-state index contributed by atoms with van der Waals surface area (Å²) >= 11 is 17.4. The Labute approximate surface area is 117 Å². The van der Waals surface area contributed by atoms with Gasteiger partial charge in [-0.2, -0.15) is 5.10 Å². The molecule has 2 N–H and O–H groups in total. The third-order valence-corrected chi connectivity index (χ3v) is 3.25. The third-order valence-electron chi connectivity index (χ3n) is 2.01. The first kappa shape index (κ1) is 13.1. The second kappa shape index (κ2) is 5.51. The molecule has 9 heteroatoms. The molecular weight excluding hydrogens is 300 g/mol. The van der Waals surface area contributed by atoms with Crippen LogP contribution in [-0.4, -0.2) is 26.1 Å². The molecule has 0 saturated carbocycles. The molecule has 0 aliphatic heterocycles. The fourth-order valence-corrected chi connectivity index (χ4v) is 1.73. The van der Waals surface area contributed by atoms with E-state index in [1.807, 2.05) is 0 Å². The van der Waals surface area contributed by atoms with Gasteiger partial charge in [0.25, 0.3) is 5.91 Å². The largest absolute Gasteiger partial charge is 0.343 e. The zero-order valence-corrected chi connectivity index (χ0v) is 11.0. The SMILES string of the molecule is O=C(NCc1ncn[nH]1)c1ncc(Cl)c(Cl)c1Cl. The number of aromatic nitrogens is 4. The van der Waals surface area contributed by atoms with Crippen LogP contribution < -0.4 is 5.32 Å². The molecule has 0 atom stereocenters. The highest BCUT2D eigenvalue weighted by Crippen LogP contribution is 2.30. The lowest BCUT2D eigenvalue weighted by Gasteiger charge is -2.06. The number of H-pyrrole nitrogens is 1. The fraction of sp³-hybridized carbons (Fsp3) is 0.111. The number of nitrogens with one attached hydrogen (secondary N) is 2. The van der Waals surface area contributed by atoms with Gasteiger partial charge in [0.15, 0.2) is 0 Å². The second-order valence-corrected chi connectivity index (χ2v) is 4.36. The first-order chi connectivity index (χ1) is 8.59. The average Bonchev–Trinajstić information content (AvgIpc) is 2.86. The molecule has 0 aliphatic carbocycles. The van der Waals surface area contributed by atoms with Gasteiger partial charge in [0.05, 0.1) is 21.6 Å². The summed E-state index contributed by atoms with van der Waals surface area (Å²) in [6.45, 7) is 0.178. The minimum atomic E-state index is -0.477. The summed E-state index contributed by atoms with van der Waals surface area (Å²) < 4.78 is 0. The first-order valence-electron chi connectivity index (χ1n) is 4.71. The molecule has 0 spiro atoms. The molecule has 1 amide bonds. The minimum Gasteiger partial charge on any atom is -0.343 e. The number of hydrogen-bond acceptors (Lipinski definition) is 4. The normalized spacial score (nSPS) is 10.4. The van der Waals surface area contributed by atoms with Gasteiger partial charge in [-0.1, -0.05) is 34.8 Å². The Morgan fingerprint density at radius 3 is 2.72 bits per heavy atom. The Hall–Kier alpha value is -1.37. The van der Waals surface area contributed by atoms with E-state index in [-0.39, 0.29) is 27.3 Å². The lowest BCUT2D eigenvalue weighted by Crippen LogP contribution is -2.24. The minimum absolute atomic E-state index is 0.00517. The van der Waals surface area contributed by atoms with Crippen molar-refractivity contribution in [1.82, 2.24) is 25.5 Å². The van der Waals surface area contributed by atoms with Gasteiger partial charge in [0, 0.05) is 6.20 Å². The standard InChI is InChI=1S/C9H6Cl3N5O/c10-4-1-13-8(7(12)6(4)11)9(18)14-2-5-15-3-16-17-5/h1,3H,2H2,(H,14,18)(H,15,16,17). The van der Waals surface area contributed by atoms with Gasteiger partial charge < -0.3 is 5.32 Å². The van der Waals surface area contributed by atoms with Crippen molar-refractivity contribution < 1.29 is 4.79 Å². The smallest absolute Gasteiger partial charge is 0.271 e. The number of aromatic amines is 1. The van der Waals surface area contributed by atoms with Gasteiger partial charge in [-0.3, -0.25) is 9.89 Å². The zero-order chi connectivity index (χ0) is 13.1. The third kappa shape index (κ3) is 2.72. The number of amides is 1. The van der Waals surface area contributed by atoms with E-state index in [0.29, 0.717) is 5.82 Å². The molecule has 2 rings (SSSR count). The molecule has 0 saturated heterocycles. The van der Waals surface area contributed by atoms with E-state index in [0.717, 1.165) is 0 Å². The Kier molecular flexibility index (Phi) is 4.00. The fourth-order valence-electron chi connectivity index (χ4n) is 1.17. The second-order valence-electron chi connectivity index (χ2n) is 3.20. The van der Waals surface area contributed by atoms with Crippen molar-refractivity contribution in [3.05, 3.63) is 39.1 Å². The van der Waals surface area contributed by atoms with Gasteiger partial charge in [0.1, 0.15) is 17.8 Å². The molecule has 0 aromatic carbocycles. The summed E-state index contributed by atoms with van der Waals surface area (Å²) in [6, 6.07) is 0. The zero-order valence-electron chi connectivity index (χ0n) is 8.75. The van der Waals surface area contributed by atoms with E-state index >= 15 is 0 Å². The number of rotatable bonds is 3. The topological polar surface area (TPSA) is 83.6 Å². The van der Waals surface area contributed by atoms with Crippen molar-refractivity contribution in [3.8, 4) is 0 Å². The molecule has 94 valence electrons. The molecule has 2 aromatic heterocycles. The lowest BCUT2D eigenvalue weighted by molar-refractivity contribution is 0.0945. The quantitative estimate of drug-likeness (QED) is 0.909. The van der Waals surface area contributed by atoms with E-state index < -0.39 is 5.91 Å². The molecule has 6 nitrogen and oxygen atoms in total. The van der Waals surface area contributed by atoms with Crippen LogP contribution in [0.1, 0.15) is 16.3 Å². The van der Waals surface area contributed by atoms with Crippen LogP contribution in [0.15, 0.2) is 12.5 Å².